The van der Waals surface area contributed by atoms with Crippen LogP contribution >= 0.6 is 0 Å². The predicted octanol–water partition coefficient (Wildman–Crippen LogP) is 6.71. The van der Waals surface area contributed by atoms with Crippen LogP contribution in [0.5, 0.6) is 11.5 Å². The van der Waals surface area contributed by atoms with Gasteiger partial charge in [0.15, 0.2) is 5.75 Å². The van der Waals surface area contributed by atoms with Gasteiger partial charge in [-0.3, -0.25) is 14.9 Å². The molecule has 0 amide bonds. The molecule has 2 N–H and O–H groups in total. The molecule has 2 atom stereocenters. The molecule has 0 bridgehead atoms. The number of anilines is 2. The topological polar surface area (TPSA) is 76.7 Å². The van der Waals surface area contributed by atoms with Crippen LogP contribution in [0.3, 0.4) is 0 Å². The monoisotopic (exact) mass is 548 g/mol. The average Bonchev–Trinajstić information content (AvgIpc) is 2.91. The fourth-order valence-corrected chi connectivity index (χ4v) is 4.36. The summed E-state index contributed by atoms with van der Waals surface area (Å²) in [5.74, 6) is -0.538. The Hall–Kier alpha value is -4.04. The van der Waals surface area contributed by atoms with Crippen molar-refractivity contribution in [2.24, 2.45) is 0 Å². The van der Waals surface area contributed by atoms with Crippen LogP contribution in [0.4, 0.5) is 20.2 Å². The lowest BCUT2D eigenvalue weighted by molar-refractivity contribution is 0.128. The van der Waals surface area contributed by atoms with Crippen LogP contribution in [-0.2, 0) is 0 Å². The molecule has 4 rings (SSSR count). The van der Waals surface area contributed by atoms with Gasteiger partial charge in [0.05, 0.1) is 12.6 Å². The number of rotatable bonds is 11. The number of hydrogen-bond acceptors (Lipinski definition) is 6. The molecule has 40 heavy (non-hydrogen) atoms. The van der Waals surface area contributed by atoms with E-state index in [4.69, 9.17) is 9.47 Å². The fraction of sp³-hybridized carbons (Fsp3) is 0.312. The molecule has 0 spiro atoms. The highest BCUT2D eigenvalue weighted by Gasteiger charge is 2.27. The maximum absolute atomic E-state index is 14.0. The van der Waals surface area contributed by atoms with Gasteiger partial charge in [-0.2, -0.15) is 0 Å². The van der Waals surface area contributed by atoms with Gasteiger partial charge >= 0.3 is 0 Å². The molecule has 8 heteroatoms. The van der Waals surface area contributed by atoms with Gasteiger partial charge < -0.3 is 14.8 Å². The lowest BCUT2D eigenvalue weighted by atomic mass is 9.96. The molecule has 0 saturated carbocycles. The van der Waals surface area contributed by atoms with Gasteiger partial charge in [0.1, 0.15) is 28.7 Å². The van der Waals surface area contributed by atoms with Crippen LogP contribution in [0.1, 0.15) is 69.8 Å². The van der Waals surface area contributed by atoms with Gasteiger partial charge in [-0.15, -0.1) is 0 Å². The Balaban J connectivity index is 1.67. The Morgan fingerprint density at radius 3 is 2.15 bits per heavy atom. The molecule has 0 radical (unpaired) electrons. The molecule has 0 aliphatic rings. The molecular formula is C32H34F2N2O4. The zero-order valence-corrected chi connectivity index (χ0v) is 23.3. The summed E-state index contributed by atoms with van der Waals surface area (Å²) in [4.78, 5) is 24.5. The third kappa shape index (κ3) is 6.93. The summed E-state index contributed by atoms with van der Waals surface area (Å²) >= 11 is 0. The fourth-order valence-electron chi connectivity index (χ4n) is 4.36. The first-order valence-corrected chi connectivity index (χ1v) is 13.3. The zero-order chi connectivity index (χ0) is 29.0. The van der Waals surface area contributed by atoms with Crippen LogP contribution in [0.25, 0.3) is 0 Å². The largest absolute Gasteiger partial charge is 0.494 e. The standard InChI is InChI=1S/C32H34F2N2O4/c1-6-14-39-26-12-10-20(11-13-26)27(35-19(2)22-15-23(33)18-24(34)16-22)21-8-7-9-25(17-21)36-28-29(37)30(38)31(28)40-32(3,4)5/h7-13,15-19,27,35-36H,6,14H2,1-5H3. The highest BCUT2D eigenvalue weighted by atomic mass is 19.1. The minimum atomic E-state index is -0.658. The molecular weight excluding hydrogens is 514 g/mol. The number of hydrogen-bond donors (Lipinski definition) is 2. The quantitative estimate of drug-likeness (QED) is 0.203. The van der Waals surface area contributed by atoms with Crippen molar-refractivity contribution < 1.29 is 18.3 Å². The second-order valence-corrected chi connectivity index (χ2v) is 10.8. The number of ether oxygens (including phenoxy) is 2. The van der Waals surface area contributed by atoms with E-state index in [-0.39, 0.29) is 17.5 Å². The van der Waals surface area contributed by atoms with Crippen molar-refractivity contribution in [3.05, 3.63) is 116 Å². The second-order valence-electron chi connectivity index (χ2n) is 10.8. The first-order chi connectivity index (χ1) is 18.9. The van der Waals surface area contributed by atoms with E-state index in [9.17, 15) is 18.4 Å². The summed E-state index contributed by atoms with van der Waals surface area (Å²) in [6, 6.07) is 17.7. The second kappa shape index (κ2) is 12.0. The molecule has 0 aromatic heterocycles. The highest BCUT2D eigenvalue weighted by Crippen LogP contribution is 2.32. The Morgan fingerprint density at radius 1 is 0.850 bits per heavy atom. The van der Waals surface area contributed by atoms with Gasteiger partial charge in [-0.25, -0.2) is 8.78 Å². The first kappa shape index (κ1) is 29.0. The van der Waals surface area contributed by atoms with Crippen molar-refractivity contribution in [1.82, 2.24) is 5.32 Å². The molecule has 0 heterocycles. The van der Waals surface area contributed by atoms with E-state index in [0.717, 1.165) is 29.4 Å². The van der Waals surface area contributed by atoms with E-state index in [2.05, 4.69) is 10.6 Å². The van der Waals surface area contributed by atoms with Crippen LogP contribution in [0.15, 0.2) is 76.3 Å². The van der Waals surface area contributed by atoms with E-state index in [1.54, 1.807) is 26.8 Å². The summed E-state index contributed by atoms with van der Waals surface area (Å²) in [5, 5.41) is 6.53. The van der Waals surface area contributed by atoms with Gasteiger partial charge in [0.25, 0.3) is 10.9 Å². The molecule has 2 unspecified atom stereocenters. The summed E-state index contributed by atoms with van der Waals surface area (Å²) < 4.78 is 39.4. The van der Waals surface area contributed by atoms with Crippen LogP contribution in [0.2, 0.25) is 0 Å². The van der Waals surface area contributed by atoms with Gasteiger partial charge in [0, 0.05) is 17.8 Å². The number of nitrogens with one attached hydrogen (secondary N) is 2. The highest BCUT2D eigenvalue weighted by molar-refractivity contribution is 5.70. The van der Waals surface area contributed by atoms with Gasteiger partial charge in [-0.1, -0.05) is 31.2 Å². The van der Waals surface area contributed by atoms with Crippen molar-refractivity contribution >= 4 is 11.4 Å². The number of halogens is 2. The molecule has 210 valence electrons. The Labute approximate surface area is 232 Å². The Bertz CT molecular complexity index is 1520. The SMILES string of the molecule is CCCOc1ccc(C(NC(C)c2cc(F)cc(F)c2)c2cccc(Nc3c(OC(C)(C)C)c(=O)c3=O)c2)cc1. The molecule has 0 aliphatic heterocycles. The molecule has 0 saturated heterocycles. The summed E-state index contributed by atoms with van der Waals surface area (Å²) in [6.45, 7) is 9.88. The minimum Gasteiger partial charge on any atom is -0.494 e. The van der Waals surface area contributed by atoms with Crippen LogP contribution in [-0.4, -0.2) is 12.2 Å². The molecule has 4 aromatic carbocycles. The van der Waals surface area contributed by atoms with Crippen LogP contribution < -0.4 is 31.0 Å². The van der Waals surface area contributed by atoms with Crippen molar-refractivity contribution in [2.45, 2.75) is 58.7 Å². The molecule has 6 nitrogen and oxygen atoms in total. The zero-order valence-electron chi connectivity index (χ0n) is 23.3. The lowest BCUT2D eigenvalue weighted by Crippen LogP contribution is -2.39. The smallest absolute Gasteiger partial charge is 0.272 e. The van der Waals surface area contributed by atoms with Crippen LogP contribution in [0, 0.1) is 11.6 Å². The molecule has 4 aromatic rings. The van der Waals surface area contributed by atoms with E-state index in [1.807, 2.05) is 56.3 Å². The summed E-state index contributed by atoms with van der Waals surface area (Å²) in [7, 11) is 0. The van der Waals surface area contributed by atoms with E-state index >= 15 is 0 Å². The Morgan fingerprint density at radius 2 is 1.52 bits per heavy atom. The maximum Gasteiger partial charge on any atom is 0.272 e. The molecule has 0 fully saturated rings. The third-order valence-corrected chi connectivity index (χ3v) is 6.25. The minimum absolute atomic E-state index is 0.0157. The van der Waals surface area contributed by atoms with Gasteiger partial charge in [0.2, 0.25) is 0 Å². The van der Waals surface area contributed by atoms with E-state index in [0.29, 0.717) is 17.9 Å². The summed E-state index contributed by atoms with van der Waals surface area (Å²) in [6.07, 6.45) is 0.889. The number of benzene rings is 3. The summed E-state index contributed by atoms with van der Waals surface area (Å²) in [5.41, 5.74) is 0.953. The first-order valence-electron chi connectivity index (χ1n) is 13.3. The Kier molecular flexibility index (Phi) is 8.69. The molecule has 0 aliphatic carbocycles. The average molecular weight is 549 g/mol. The normalized spacial score (nSPS) is 13.2. The van der Waals surface area contributed by atoms with Crippen molar-refractivity contribution in [3.8, 4) is 11.5 Å². The maximum atomic E-state index is 14.0. The third-order valence-electron chi connectivity index (χ3n) is 6.25. The predicted molar refractivity (Wildman–Crippen MR) is 153 cm³/mol. The van der Waals surface area contributed by atoms with Crippen molar-refractivity contribution in [1.29, 1.82) is 0 Å². The van der Waals surface area contributed by atoms with Crippen molar-refractivity contribution in [2.75, 3.05) is 11.9 Å². The lowest BCUT2D eigenvalue weighted by Gasteiger charge is -2.26. The van der Waals surface area contributed by atoms with E-state index in [1.165, 1.54) is 12.1 Å². The van der Waals surface area contributed by atoms with E-state index < -0.39 is 34.1 Å². The van der Waals surface area contributed by atoms with Gasteiger partial charge in [-0.05, 0) is 87.2 Å². The van der Waals surface area contributed by atoms with Crippen molar-refractivity contribution in [3.63, 3.8) is 0 Å².